The van der Waals surface area contributed by atoms with Gasteiger partial charge in [0.25, 0.3) is 0 Å². The van der Waals surface area contributed by atoms with Crippen LogP contribution in [0.4, 0.5) is 0 Å². The summed E-state index contributed by atoms with van der Waals surface area (Å²) >= 11 is 7.59. The van der Waals surface area contributed by atoms with E-state index in [4.69, 9.17) is 11.6 Å². The molecule has 0 saturated carbocycles. The van der Waals surface area contributed by atoms with Gasteiger partial charge in [0.15, 0.2) is 0 Å². The van der Waals surface area contributed by atoms with Gasteiger partial charge in [0, 0.05) is 36.0 Å². The molecule has 0 spiro atoms. The fraction of sp³-hybridized carbons (Fsp3) is 1.00. The van der Waals surface area contributed by atoms with Crippen molar-refractivity contribution < 1.29 is 5.11 Å². The van der Waals surface area contributed by atoms with E-state index in [9.17, 15) is 5.11 Å². The molecule has 1 aliphatic rings. The summed E-state index contributed by atoms with van der Waals surface area (Å²) < 4.78 is 0. The van der Waals surface area contributed by atoms with Crippen molar-refractivity contribution in [2.45, 2.75) is 30.5 Å². The molecule has 2 nitrogen and oxygen atoms in total. The molecule has 0 radical (unpaired) electrons. The number of halogens is 1. The van der Waals surface area contributed by atoms with Crippen LogP contribution in [-0.4, -0.2) is 52.1 Å². The summed E-state index contributed by atoms with van der Waals surface area (Å²) in [6, 6.07) is 0. The van der Waals surface area contributed by atoms with E-state index in [-0.39, 0.29) is 6.10 Å². The van der Waals surface area contributed by atoms with Gasteiger partial charge < -0.3 is 5.11 Å². The van der Waals surface area contributed by atoms with Crippen LogP contribution in [0, 0.1) is 0 Å². The number of β-amino-alcohol motifs (C(OH)–C–C–N with tert-alkyl or cyclic N) is 1. The molecular weight excluding hydrogens is 206 g/mol. The maximum Gasteiger partial charge on any atom is 0.0802 e. The molecule has 1 fully saturated rings. The van der Waals surface area contributed by atoms with Crippen LogP contribution in [0.5, 0.6) is 0 Å². The third kappa shape index (κ3) is 4.07. The average molecular weight is 224 g/mol. The lowest BCUT2D eigenvalue weighted by atomic mass is 10.3. The Bertz CT molecular complexity index is 149. The monoisotopic (exact) mass is 223 g/mol. The Balaban J connectivity index is 2.32. The second-order valence-corrected chi connectivity index (χ2v) is 5.97. The van der Waals surface area contributed by atoms with Crippen molar-refractivity contribution >= 4 is 23.4 Å². The first-order valence-corrected chi connectivity index (χ1v) is 6.21. The van der Waals surface area contributed by atoms with Crippen molar-refractivity contribution in [2.24, 2.45) is 0 Å². The highest BCUT2D eigenvalue weighted by molar-refractivity contribution is 8.00. The Kier molecular flexibility index (Phi) is 4.87. The van der Waals surface area contributed by atoms with Crippen molar-refractivity contribution in [3.05, 3.63) is 0 Å². The number of thioether (sulfide) groups is 1. The predicted octanol–water partition coefficient (Wildman–Crippen LogP) is 1.41. The zero-order valence-corrected chi connectivity index (χ0v) is 9.81. The SMILES string of the molecule is CC1CN(CC(O)CCl)CC(C)S1. The molecule has 0 amide bonds. The largest absolute Gasteiger partial charge is 0.391 e. The molecular formula is C9H18ClNOS. The summed E-state index contributed by atoms with van der Waals surface area (Å²) in [6.45, 7) is 7.34. The highest BCUT2D eigenvalue weighted by Gasteiger charge is 2.23. The fourth-order valence-corrected chi connectivity index (χ4v) is 3.26. The fourth-order valence-electron chi connectivity index (χ4n) is 1.78. The Morgan fingerprint density at radius 2 is 2.00 bits per heavy atom. The molecule has 1 heterocycles. The molecule has 1 rings (SSSR count). The quantitative estimate of drug-likeness (QED) is 0.732. The second-order valence-electron chi connectivity index (χ2n) is 3.78. The van der Waals surface area contributed by atoms with E-state index in [1.54, 1.807) is 0 Å². The third-order valence-corrected chi connectivity index (χ3v) is 3.73. The van der Waals surface area contributed by atoms with Gasteiger partial charge in [-0.1, -0.05) is 13.8 Å². The summed E-state index contributed by atoms with van der Waals surface area (Å²) in [6.07, 6.45) is -0.371. The van der Waals surface area contributed by atoms with Crippen LogP contribution in [-0.2, 0) is 0 Å². The molecule has 3 atom stereocenters. The normalized spacial score (nSPS) is 33.2. The standard InChI is InChI=1S/C9H18ClNOS/c1-7-4-11(5-8(2)13-7)6-9(12)3-10/h7-9,12H,3-6H2,1-2H3. The minimum absolute atomic E-state index is 0.340. The molecule has 4 heteroatoms. The van der Waals surface area contributed by atoms with Gasteiger partial charge >= 0.3 is 0 Å². The molecule has 78 valence electrons. The zero-order chi connectivity index (χ0) is 9.84. The third-order valence-electron chi connectivity index (χ3n) is 2.14. The van der Waals surface area contributed by atoms with Crippen LogP contribution in [0.25, 0.3) is 0 Å². The minimum atomic E-state index is -0.371. The molecule has 1 N–H and O–H groups in total. The van der Waals surface area contributed by atoms with Crippen molar-refractivity contribution in [3.63, 3.8) is 0 Å². The summed E-state index contributed by atoms with van der Waals surface area (Å²) in [7, 11) is 0. The van der Waals surface area contributed by atoms with Crippen molar-refractivity contribution in [2.75, 3.05) is 25.5 Å². The molecule has 1 saturated heterocycles. The Hall–Kier alpha value is 0.560. The van der Waals surface area contributed by atoms with E-state index in [2.05, 4.69) is 18.7 Å². The molecule has 0 aromatic heterocycles. The Morgan fingerprint density at radius 3 is 2.46 bits per heavy atom. The molecule has 0 bridgehead atoms. The van der Waals surface area contributed by atoms with Crippen LogP contribution >= 0.6 is 23.4 Å². The summed E-state index contributed by atoms with van der Waals surface area (Å²) in [5.41, 5.74) is 0. The highest BCUT2D eigenvalue weighted by atomic mass is 35.5. The Morgan fingerprint density at radius 1 is 1.46 bits per heavy atom. The first-order valence-electron chi connectivity index (χ1n) is 4.73. The van der Waals surface area contributed by atoms with Crippen LogP contribution in [0.3, 0.4) is 0 Å². The zero-order valence-electron chi connectivity index (χ0n) is 8.24. The number of aliphatic hydroxyl groups is 1. The molecule has 13 heavy (non-hydrogen) atoms. The number of alkyl halides is 1. The van der Waals surface area contributed by atoms with Crippen molar-refractivity contribution in [3.8, 4) is 0 Å². The minimum Gasteiger partial charge on any atom is -0.391 e. The van der Waals surface area contributed by atoms with Gasteiger partial charge in [-0.25, -0.2) is 0 Å². The topological polar surface area (TPSA) is 23.5 Å². The maximum absolute atomic E-state index is 9.40. The van der Waals surface area contributed by atoms with Gasteiger partial charge in [-0.3, -0.25) is 4.90 Å². The molecule has 0 aromatic rings. The lowest BCUT2D eigenvalue weighted by Gasteiger charge is -2.35. The summed E-state index contributed by atoms with van der Waals surface area (Å²) in [4.78, 5) is 2.30. The van der Waals surface area contributed by atoms with Crippen LogP contribution in [0.15, 0.2) is 0 Å². The van der Waals surface area contributed by atoms with Crippen LogP contribution in [0.1, 0.15) is 13.8 Å². The van der Waals surface area contributed by atoms with E-state index in [0.717, 1.165) is 19.6 Å². The van der Waals surface area contributed by atoms with E-state index in [1.807, 2.05) is 11.8 Å². The van der Waals surface area contributed by atoms with Gasteiger partial charge in [-0.05, 0) is 0 Å². The van der Waals surface area contributed by atoms with Gasteiger partial charge in [-0.2, -0.15) is 11.8 Å². The van der Waals surface area contributed by atoms with E-state index >= 15 is 0 Å². The smallest absolute Gasteiger partial charge is 0.0802 e. The predicted molar refractivity (Wildman–Crippen MR) is 59.7 cm³/mol. The lowest BCUT2D eigenvalue weighted by Crippen LogP contribution is -2.44. The molecule has 1 aliphatic heterocycles. The van der Waals surface area contributed by atoms with Gasteiger partial charge in [0.1, 0.15) is 0 Å². The average Bonchev–Trinajstić information content (AvgIpc) is 2.02. The number of rotatable bonds is 3. The van der Waals surface area contributed by atoms with Gasteiger partial charge in [0.2, 0.25) is 0 Å². The number of aliphatic hydroxyl groups excluding tert-OH is 1. The number of hydrogen-bond acceptors (Lipinski definition) is 3. The summed E-state index contributed by atoms with van der Waals surface area (Å²) in [5, 5.41) is 10.7. The highest BCUT2D eigenvalue weighted by Crippen LogP contribution is 2.24. The lowest BCUT2D eigenvalue weighted by molar-refractivity contribution is 0.128. The first kappa shape index (κ1) is 11.6. The van der Waals surface area contributed by atoms with Crippen LogP contribution in [0.2, 0.25) is 0 Å². The van der Waals surface area contributed by atoms with Gasteiger partial charge in [0.05, 0.1) is 6.10 Å². The van der Waals surface area contributed by atoms with Crippen LogP contribution < -0.4 is 0 Å². The molecule has 0 aliphatic carbocycles. The number of hydrogen-bond donors (Lipinski definition) is 1. The van der Waals surface area contributed by atoms with E-state index in [1.165, 1.54) is 0 Å². The van der Waals surface area contributed by atoms with Crippen molar-refractivity contribution in [1.82, 2.24) is 4.90 Å². The van der Waals surface area contributed by atoms with E-state index in [0.29, 0.717) is 16.4 Å². The Labute approximate surface area is 89.6 Å². The van der Waals surface area contributed by atoms with Gasteiger partial charge in [-0.15, -0.1) is 11.6 Å². The first-order chi connectivity index (χ1) is 6.11. The number of nitrogens with zero attached hydrogens (tertiary/aromatic N) is 1. The molecule has 0 aromatic carbocycles. The van der Waals surface area contributed by atoms with E-state index < -0.39 is 0 Å². The molecule has 3 unspecified atom stereocenters. The second kappa shape index (κ2) is 5.44. The maximum atomic E-state index is 9.40. The summed E-state index contributed by atoms with van der Waals surface area (Å²) in [5.74, 6) is 0.340. The van der Waals surface area contributed by atoms with Crippen molar-refractivity contribution in [1.29, 1.82) is 0 Å².